The van der Waals surface area contributed by atoms with Crippen LogP contribution in [0.15, 0.2) is 0 Å². The molecule has 0 spiro atoms. The molecule has 0 amide bonds. The Morgan fingerprint density at radius 1 is 1.38 bits per heavy atom. The van der Waals surface area contributed by atoms with Crippen LogP contribution in [0.3, 0.4) is 0 Å². The van der Waals surface area contributed by atoms with Crippen LogP contribution in [0.2, 0.25) is 0 Å². The Morgan fingerprint density at radius 2 is 1.92 bits per heavy atom. The van der Waals surface area contributed by atoms with E-state index in [0.29, 0.717) is 0 Å². The van der Waals surface area contributed by atoms with E-state index in [1.165, 1.54) is 0 Å². The quantitative estimate of drug-likeness (QED) is 0.668. The van der Waals surface area contributed by atoms with Crippen molar-refractivity contribution in [3.8, 4) is 6.07 Å². The van der Waals surface area contributed by atoms with Crippen molar-refractivity contribution in [2.45, 2.75) is 39.2 Å². The molecular weight excluding hydrogens is 162 g/mol. The summed E-state index contributed by atoms with van der Waals surface area (Å²) in [6, 6.07) is 1.75. The molecule has 0 aliphatic rings. The zero-order chi connectivity index (χ0) is 10.7. The molecule has 3 heteroatoms. The number of nitriles is 1. The summed E-state index contributed by atoms with van der Waals surface area (Å²) in [5.41, 5.74) is 5.42. The lowest BCUT2D eigenvalue weighted by atomic mass is 10.1. The van der Waals surface area contributed by atoms with E-state index in [0.717, 1.165) is 25.8 Å². The van der Waals surface area contributed by atoms with Crippen molar-refractivity contribution in [2.75, 3.05) is 20.6 Å². The molecule has 2 N–H and O–H groups in total. The molecule has 3 nitrogen and oxygen atoms in total. The molecule has 0 heterocycles. The maximum absolute atomic E-state index is 8.36. The minimum absolute atomic E-state index is 0. The van der Waals surface area contributed by atoms with Crippen LogP contribution in [-0.4, -0.2) is 31.6 Å². The second-order valence-electron chi connectivity index (χ2n) is 3.03. The van der Waals surface area contributed by atoms with Crippen LogP contribution < -0.4 is 5.73 Å². The average molecular weight is 187 g/mol. The summed E-state index contributed by atoms with van der Waals surface area (Å²) in [4.78, 5) is 2.14. The first kappa shape index (κ1) is 14.9. The van der Waals surface area contributed by atoms with Gasteiger partial charge in [-0.1, -0.05) is 13.8 Å². The first-order valence-corrected chi connectivity index (χ1v) is 4.96. The minimum Gasteiger partial charge on any atom is -0.316 e. The lowest BCUT2D eigenvalue weighted by molar-refractivity contribution is 0.390. The molecule has 0 aromatic rings. The number of nitrogens with two attached hydrogens (primary N) is 1. The van der Waals surface area contributed by atoms with Gasteiger partial charge >= 0.3 is 0 Å². The van der Waals surface area contributed by atoms with Gasteiger partial charge in [0.05, 0.1) is 12.1 Å². The van der Waals surface area contributed by atoms with Crippen LogP contribution in [0, 0.1) is 11.3 Å². The zero-order valence-corrected chi connectivity index (χ0v) is 9.38. The minimum atomic E-state index is -0.267. The van der Waals surface area contributed by atoms with Gasteiger partial charge in [0.2, 0.25) is 0 Å². The van der Waals surface area contributed by atoms with Gasteiger partial charge in [-0.3, -0.25) is 0 Å². The van der Waals surface area contributed by atoms with Crippen LogP contribution in [0.5, 0.6) is 0 Å². The van der Waals surface area contributed by atoms with Crippen LogP contribution >= 0.6 is 0 Å². The van der Waals surface area contributed by atoms with Crippen molar-refractivity contribution >= 4 is 0 Å². The van der Waals surface area contributed by atoms with Crippen molar-refractivity contribution in [3.05, 3.63) is 0 Å². The Labute approximate surface area is 84.0 Å². The van der Waals surface area contributed by atoms with E-state index in [-0.39, 0.29) is 7.47 Å². The maximum atomic E-state index is 8.36. The highest BCUT2D eigenvalue weighted by molar-refractivity contribution is 4.85. The highest BCUT2D eigenvalue weighted by Crippen LogP contribution is 1.98. The standard InChI is InChI=1S/C8H17N3.C2H6.H2/c1-11(2)6-4-3-5-8(10)7-9;1-2;/h8H,3-6,10H2,1-2H3;1-2H3;1H. The molecule has 0 rings (SSSR count). The molecule has 1 unspecified atom stereocenters. The van der Waals surface area contributed by atoms with Crippen LogP contribution in [0.4, 0.5) is 0 Å². The first-order valence-electron chi connectivity index (χ1n) is 4.96. The van der Waals surface area contributed by atoms with Gasteiger partial charge in [0, 0.05) is 1.43 Å². The van der Waals surface area contributed by atoms with E-state index >= 15 is 0 Å². The van der Waals surface area contributed by atoms with Gasteiger partial charge in [-0.25, -0.2) is 0 Å². The lowest BCUT2D eigenvalue weighted by Crippen LogP contribution is -2.18. The Morgan fingerprint density at radius 3 is 2.31 bits per heavy atom. The third-order valence-corrected chi connectivity index (χ3v) is 1.54. The SMILES string of the molecule is CC.CN(C)CCCCC(N)C#N.[HH]. The molecule has 0 aromatic heterocycles. The Kier molecular flexibility index (Phi) is 13.1. The second-order valence-corrected chi connectivity index (χ2v) is 3.03. The van der Waals surface area contributed by atoms with Crippen molar-refractivity contribution in [1.29, 1.82) is 5.26 Å². The van der Waals surface area contributed by atoms with E-state index in [9.17, 15) is 0 Å². The van der Waals surface area contributed by atoms with Crippen LogP contribution in [0.25, 0.3) is 0 Å². The first-order chi connectivity index (χ1) is 6.16. The number of rotatable bonds is 5. The van der Waals surface area contributed by atoms with Gasteiger partial charge in [-0.05, 0) is 39.9 Å². The summed E-state index contributed by atoms with van der Waals surface area (Å²) in [5.74, 6) is 0. The van der Waals surface area contributed by atoms with Gasteiger partial charge in [-0.2, -0.15) is 5.26 Å². The Bertz CT molecular complexity index is 132. The summed E-state index contributed by atoms with van der Waals surface area (Å²) in [6.07, 6.45) is 3.00. The summed E-state index contributed by atoms with van der Waals surface area (Å²) in [7, 11) is 4.09. The monoisotopic (exact) mass is 187 g/mol. The smallest absolute Gasteiger partial charge is 0.0928 e. The summed E-state index contributed by atoms with van der Waals surface area (Å²) < 4.78 is 0. The molecule has 0 aromatic carbocycles. The van der Waals surface area contributed by atoms with Gasteiger partial charge in [0.15, 0.2) is 0 Å². The summed E-state index contributed by atoms with van der Waals surface area (Å²) >= 11 is 0. The molecule has 80 valence electrons. The van der Waals surface area contributed by atoms with Crippen LogP contribution in [-0.2, 0) is 0 Å². The molecular formula is C10H25N3. The Balaban J connectivity index is -0.000000376. The molecule has 0 saturated carbocycles. The number of nitrogens with zero attached hydrogens (tertiary/aromatic N) is 2. The van der Waals surface area contributed by atoms with E-state index in [2.05, 4.69) is 4.90 Å². The fourth-order valence-electron chi connectivity index (χ4n) is 0.857. The molecule has 1 atom stereocenters. The average Bonchev–Trinajstić information content (AvgIpc) is 2.15. The third-order valence-electron chi connectivity index (χ3n) is 1.54. The van der Waals surface area contributed by atoms with Crippen molar-refractivity contribution in [3.63, 3.8) is 0 Å². The van der Waals surface area contributed by atoms with Crippen molar-refractivity contribution in [2.24, 2.45) is 5.73 Å². The van der Waals surface area contributed by atoms with Crippen LogP contribution in [0.1, 0.15) is 34.5 Å². The fourth-order valence-corrected chi connectivity index (χ4v) is 0.857. The molecule has 0 radical (unpaired) electrons. The molecule has 0 bridgehead atoms. The molecule has 13 heavy (non-hydrogen) atoms. The third kappa shape index (κ3) is 14.3. The van der Waals surface area contributed by atoms with E-state index in [4.69, 9.17) is 11.0 Å². The largest absolute Gasteiger partial charge is 0.316 e. The number of hydrogen-bond donors (Lipinski definition) is 1. The Hall–Kier alpha value is -0.590. The number of unbranched alkanes of at least 4 members (excludes halogenated alkanes) is 1. The predicted molar refractivity (Wildman–Crippen MR) is 59.5 cm³/mol. The highest BCUT2D eigenvalue weighted by atomic mass is 15.0. The normalized spacial score (nSPS) is 11.5. The van der Waals surface area contributed by atoms with Gasteiger partial charge < -0.3 is 10.6 Å². The molecule has 0 saturated heterocycles. The van der Waals surface area contributed by atoms with E-state index in [1.54, 1.807) is 0 Å². The molecule has 0 fully saturated rings. The van der Waals surface area contributed by atoms with Gasteiger partial charge in [0.1, 0.15) is 0 Å². The molecule has 0 aliphatic heterocycles. The van der Waals surface area contributed by atoms with Crippen molar-refractivity contribution < 1.29 is 1.43 Å². The van der Waals surface area contributed by atoms with E-state index in [1.807, 2.05) is 34.0 Å². The number of hydrogen-bond acceptors (Lipinski definition) is 3. The topological polar surface area (TPSA) is 53.0 Å². The summed E-state index contributed by atoms with van der Waals surface area (Å²) in [6.45, 7) is 5.08. The second kappa shape index (κ2) is 11.4. The lowest BCUT2D eigenvalue weighted by Gasteiger charge is -2.08. The predicted octanol–water partition coefficient (Wildman–Crippen LogP) is 1.84. The maximum Gasteiger partial charge on any atom is 0.0928 e. The molecule has 0 aliphatic carbocycles. The highest BCUT2D eigenvalue weighted by Gasteiger charge is 1.98. The fraction of sp³-hybridized carbons (Fsp3) is 0.900. The van der Waals surface area contributed by atoms with Gasteiger partial charge in [0.25, 0.3) is 0 Å². The van der Waals surface area contributed by atoms with Crippen molar-refractivity contribution in [1.82, 2.24) is 4.90 Å². The van der Waals surface area contributed by atoms with Gasteiger partial charge in [-0.15, -0.1) is 0 Å². The zero-order valence-electron chi connectivity index (χ0n) is 9.38. The summed E-state index contributed by atoms with van der Waals surface area (Å²) in [5, 5.41) is 8.36. The van der Waals surface area contributed by atoms with E-state index < -0.39 is 0 Å².